The van der Waals surface area contributed by atoms with E-state index < -0.39 is 0 Å². The number of hydrogen-bond donors (Lipinski definition) is 1. The molecule has 0 amide bonds. The molecule has 1 N–H and O–H groups in total. The third kappa shape index (κ3) is 4.40. The van der Waals surface area contributed by atoms with Crippen molar-refractivity contribution < 1.29 is 4.74 Å². The molecule has 2 aromatic rings. The molecule has 3 heteroatoms. The van der Waals surface area contributed by atoms with Crippen LogP contribution in [-0.4, -0.2) is 12.1 Å². The van der Waals surface area contributed by atoms with Crippen molar-refractivity contribution in [1.29, 1.82) is 0 Å². The normalized spacial score (nSPS) is 10.8. The summed E-state index contributed by atoms with van der Waals surface area (Å²) < 4.78 is 5.72. The van der Waals surface area contributed by atoms with Gasteiger partial charge in [-0.1, -0.05) is 43.2 Å². The summed E-state index contributed by atoms with van der Waals surface area (Å²) in [6.45, 7) is 7.66. The summed E-state index contributed by atoms with van der Waals surface area (Å²) in [5.41, 5.74) is 1.27. The number of benzene rings is 2. The molecule has 0 unspecified atom stereocenters. The van der Waals surface area contributed by atoms with E-state index in [0.717, 1.165) is 18.7 Å². The molecule has 0 spiro atoms. The van der Waals surface area contributed by atoms with Crippen LogP contribution in [0.5, 0.6) is 5.75 Å². The van der Waals surface area contributed by atoms with Crippen LogP contribution in [0.25, 0.3) is 10.8 Å². The first-order valence-electron chi connectivity index (χ1n) is 7.39. The Bertz CT molecular complexity index is 658. The molecule has 0 aromatic heterocycles. The number of nitrogens with one attached hydrogen (secondary N) is 1. The summed E-state index contributed by atoms with van der Waals surface area (Å²) in [6, 6.07) is 12.5. The zero-order valence-corrected chi connectivity index (χ0v) is 14.3. The molecule has 0 aliphatic heterocycles. The van der Waals surface area contributed by atoms with Crippen LogP contribution in [0.15, 0.2) is 36.4 Å². The van der Waals surface area contributed by atoms with Crippen LogP contribution in [0.3, 0.4) is 0 Å². The summed E-state index contributed by atoms with van der Waals surface area (Å²) >= 11 is 0. The molecule has 118 valence electrons. The van der Waals surface area contributed by atoms with E-state index in [1.54, 1.807) is 0 Å². The van der Waals surface area contributed by atoms with Crippen LogP contribution in [0.1, 0.15) is 32.8 Å². The Hall–Kier alpha value is -1.69. The molecule has 22 heavy (non-hydrogen) atoms. The maximum Gasteiger partial charge on any atom is 0.148 e. The molecule has 0 saturated carbocycles. The molecule has 0 heterocycles. The highest BCUT2D eigenvalue weighted by atomic mass is 35.5. The van der Waals surface area contributed by atoms with E-state index >= 15 is 0 Å². The minimum Gasteiger partial charge on any atom is -0.481 e. The molecule has 0 saturated heterocycles. The Labute approximate surface area is 139 Å². The van der Waals surface area contributed by atoms with Crippen LogP contribution >= 0.6 is 12.4 Å². The average Bonchev–Trinajstić information content (AvgIpc) is 2.51. The van der Waals surface area contributed by atoms with Gasteiger partial charge in [-0.05, 0) is 37.1 Å². The predicted molar refractivity (Wildman–Crippen MR) is 96.7 cm³/mol. The van der Waals surface area contributed by atoms with Gasteiger partial charge in [-0.25, -0.2) is 0 Å². The SMILES string of the molecule is C#CCOc1ccc2ccccc2c1CNC(C)(C)CC.Cl. The van der Waals surface area contributed by atoms with Crippen molar-refractivity contribution in [3.05, 3.63) is 42.0 Å². The lowest BCUT2D eigenvalue weighted by Crippen LogP contribution is -2.37. The molecule has 2 nitrogen and oxygen atoms in total. The number of halogens is 1. The molecule has 0 aliphatic rings. The highest BCUT2D eigenvalue weighted by Gasteiger charge is 2.16. The fourth-order valence-electron chi connectivity index (χ4n) is 2.21. The Morgan fingerprint density at radius 3 is 2.59 bits per heavy atom. The Balaban J connectivity index is 0.00000242. The number of hydrogen-bond acceptors (Lipinski definition) is 2. The van der Waals surface area contributed by atoms with E-state index in [9.17, 15) is 0 Å². The van der Waals surface area contributed by atoms with Crippen molar-refractivity contribution in [2.24, 2.45) is 0 Å². The Kier molecular flexibility index (Phi) is 6.74. The van der Waals surface area contributed by atoms with Gasteiger partial charge in [-0.15, -0.1) is 18.8 Å². The van der Waals surface area contributed by atoms with E-state index in [0.29, 0.717) is 6.61 Å². The Morgan fingerprint density at radius 2 is 1.91 bits per heavy atom. The second-order valence-electron chi connectivity index (χ2n) is 5.85. The molecule has 0 radical (unpaired) electrons. The summed E-state index contributed by atoms with van der Waals surface area (Å²) in [5.74, 6) is 3.40. The number of ether oxygens (including phenoxy) is 1. The zero-order valence-electron chi connectivity index (χ0n) is 13.5. The van der Waals surface area contributed by atoms with Crippen LogP contribution in [0, 0.1) is 12.3 Å². The van der Waals surface area contributed by atoms with Crippen LogP contribution in [0.2, 0.25) is 0 Å². The highest BCUT2D eigenvalue weighted by Crippen LogP contribution is 2.28. The fraction of sp³-hybridized carbons (Fsp3) is 0.368. The molecule has 0 fully saturated rings. The zero-order chi connectivity index (χ0) is 15.3. The largest absolute Gasteiger partial charge is 0.481 e. The summed E-state index contributed by atoms with van der Waals surface area (Å²) in [7, 11) is 0. The van der Waals surface area contributed by atoms with Crippen molar-refractivity contribution in [3.63, 3.8) is 0 Å². The number of terminal acetylenes is 1. The quantitative estimate of drug-likeness (QED) is 0.789. The topological polar surface area (TPSA) is 21.3 Å². The predicted octanol–water partition coefficient (Wildman–Crippen LogP) is 4.55. The highest BCUT2D eigenvalue weighted by molar-refractivity contribution is 5.87. The lowest BCUT2D eigenvalue weighted by Gasteiger charge is -2.25. The van der Waals surface area contributed by atoms with Crippen molar-refractivity contribution in [3.8, 4) is 18.1 Å². The van der Waals surface area contributed by atoms with Gasteiger partial charge < -0.3 is 10.1 Å². The van der Waals surface area contributed by atoms with Crippen LogP contribution in [-0.2, 0) is 6.54 Å². The van der Waals surface area contributed by atoms with E-state index in [2.05, 4.69) is 62.3 Å². The van der Waals surface area contributed by atoms with Gasteiger partial charge in [-0.2, -0.15) is 0 Å². The van der Waals surface area contributed by atoms with E-state index in [1.165, 1.54) is 16.3 Å². The van der Waals surface area contributed by atoms with E-state index in [-0.39, 0.29) is 17.9 Å². The van der Waals surface area contributed by atoms with E-state index in [4.69, 9.17) is 11.2 Å². The number of fused-ring (bicyclic) bond motifs is 1. The second-order valence-corrected chi connectivity index (χ2v) is 5.85. The first-order valence-corrected chi connectivity index (χ1v) is 7.39. The summed E-state index contributed by atoms with van der Waals surface area (Å²) in [5, 5.41) is 6.04. The standard InChI is InChI=1S/C19H23NO.ClH/c1-5-13-21-18-12-11-15-9-7-8-10-16(15)17(18)14-20-19(3,4)6-2;/h1,7-12,20H,6,13-14H2,2-4H3;1H. The van der Waals surface area contributed by atoms with Gasteiger partial charge in [0, 0.05) is 17.6 Å². The molecule has 2 aromatic carbocycles. The maximum absolute atomic E-state index is 5.72. The molecule has 0 atom stereocenters. The first kappa shape index (κ1) is 18.4. The van der Waals surface area contributed by atoms with Crippen LogP contribution in [0.4, 0.5) is 0 Å². The fourth-order valence-corrected chi connectivity index (χ4v) is 2.21. The van der Waals surface area contributed by atoms with Crippen molar-refractivity contribution >= 4 is 23.2 Å². The van der Waals surface area contributed by atoms with Gasteiger partial charge in [0.2, 0.25) is 0 Å². The minimum absolute atomic E-state index is 0. The van der Waals surface area contributed by atoms with E-state index in [1.807, 2.05) is 6.07 Å². The van der Waals surface area contributed by atoms with Gasteiger partial charge in [0.1, 0.15) is 12.4 Å². The van der Waals surface area contributed by atoms with Crippen molar-refractivity contribution in [1.82, 2.24) is 5.32 Å². The van der Waals surface area contributed by atoms with Gasteiger partial charge in [0.25, 0.3) is 0 Å². The molecular weight excluding hydrogens is 294 g/mol. The average molecular weight is 318 g/mol. The summed E-state index contributed by atoms with van der Waals surface area (Å²) in [4.78, 5) is 0. The second kappa shape index (κ2) is 8.08. The monoisotopic (exact) mass is 317 g/mol. The van der Waals surface area contributed by atoms with Gasteiger partial charge >= 0.3 is 0 Å². The molecular formula is C19H24ClNO. The minimum atomic E-state index is 0. The molecule has 2 rings (SSSR count). The Morgan fingerprint density at radius 1 is 1.18 bits per heavy atom. The lowest BCUT2D eigenvalue weighted by molar-refractivity contribution is 0.350. The number of rotatable bonds is 6. The molecule has 0 aliphatic carbocycles. The smallest absolute Gasteiger partial charge is 0.148 e. The van der Waals surface area contributed by atoms with Crippen LogP contribution < -0.4 is 10.1 Å². The lowest BCUT2D eigenvalue weighted by atomic mass is 9.99. The third-order valence-corrected chi connectivity index (χ3v) is 3.94. The molecule has 0 bridgehead atoms. The maximum atomic E-state index is 5.72. The van der Waals surface area contributed by atoms with Gasteiger partial charge in [0.05, 0.1) is 0 Å². The summed E-state index contributed by atoms with van der Waals surface area (Å²) in [6.07, 6.45) is 6.38. The first-order chi connectivity index (χ1) is 10.1. The third-order valence-electron chi connectivity index (χ3n) is 3.94. The van der Waals surface area contributed by atoms with Crippen molar-refractivity contribution in [2.45, 2.75) is 39.3 Å². The van der Waals surface area contributed by atoms with Gasteiger partial charge in [-0.3, -0.25) is 0 Å². The van der Waals surface area contributed by atoms with Gasteiger partial charge in [0.15, 0.2) is 0 Å². The van der Waals surface area contributed by atoms with Crippen molar-refractivity contribution in [2.75, 3.05) is 6.61 Å².